The number of pyridine rings is 1. The molecule has 0 spiro atoms. The molecule has 4 nitrogen and oxygen atoms in total. The first-order valence-corrected chi connectivity index (χ1v) is 6.03. The van der Waals surface area contributed by atoms with Gasteiger partial charge in [0.05, 0.1) is 0 Å². The fraction of sp³-hybridized carbons (Fsp3) is 0.200. The standard InChI is InChI=1S/C15H15NO3/c1-12(19-14-7-9-16-10-8-14)15(17)18-11-13-5-3-2-4-6-13/h2-10,12H,11H2,1H3. The summed E-state index contributed by atoms with van der Waals surface area (Å²) in [7, 11) is 0. The third kappa shape index (κ3) is 4.10. The summed E-state index contributed by atoms with van der Waals surface area (Å²) in [4.78, 5) is 15.6. The minimum Gasteiger partial charge on any atom is -0.479 e. The van der Waals surface area contributed by atoms with E-state index in [9.17, 15) is 4.79 Å². The fourth-order valence-electron chi connectivity index (χ4n) is 1.52. The molecule has 0 aliphatic carbocycles. The van der Waals surface area contributed by atoms with Crippen molar-refractivity contribution in [3.05, 3.63) is 60.4 Å². The summed E-state index contributed by atoms with van der Waals surface area (Å²) in [6.45, 7) is 1.91. The van der Waals surface area contributed by atoms with Crippen LogP contribution in [-0.4, -0.2) is 17.1 Å². The average Bonchev–Trinajstić information content (AvgIpc) is 2.47. The van der Waals surface area contributed by atoms with Gasteiger partial charge in [0.2, 0.25) is 0 Å². The number of carbonyl (C=O) groups is 1. The summed E-state index contributed by atoms with van der Waals surface area (Å²) in [5, 5.41) is 0. The minimum absolute atomic E-state index is 0.254. The molecule has 2 aromatic rings. The molecule has 0 bridgehead atoms. The Morgan fingerprint density at radius 2 is 1.84 bits per heavy atom. The molecule has 1 aromatic carbocycles. The van der Waals surface area contributed by atoms with Gasteiger partial charge in [-0.3, -0.25) is 4.98 Å². The molecule has 0 fully saturated rings. The van der Waals surface area contributed by atoms with E-state index in [2.05, 4.69) is 4.98 Å². The van der Waals surface area contributed by atoms with Gasteiger partial charge >= 0.3 is 5.97 Å². The molecule has 0 amide bonds. The predicted octanol–water partition coefficient (Wildman–Crippen LogP) is 2.59. The van der Waals surface area contributed by atoms with Crippen LogP contribution in [0.3, 0.4) is 0 Å². The highest BCUT2D eigenvalue weighted by atomic mass is 16.6. The van der Waals surface area contributed by atoms with Crippen LogP contribution in [0.5, 0.6) is 5.75 Å². The summed E-state index contributed by atoms with van der Waals surface area (Å²) in [6.07, 6.45) is 2.57. The summed E-state index contributed by atoms with van der Waals surface area (Å²) in [5.41, 5.74) is 0.951. The zero-order valence-corrected chi connectivity index (χ0v) is 10.7. The van der Waals surface area contributed by atoms with Gasteiger partial charge in [-0.1, -0.05) is 30.3 Å². The predicted molar refractivity (Wildman–Crippen MR) is 70.6 cm³/mol. The number of esters is 1. The van der Waals surface area contributed by atoms with Crippen LogP contribution >= 0.6 is 0 Å². The lowest BCUT2D eigenvalue weighted by atomic mass is 10.2. The number of hydrogen-bond acceptors (Lipinski definition) is 4. The van der Waals surface area contributed by atoms with Crippen LogP contribution < -0.4 is 4.74 Å². The molecular weight excluding hydrogens is 242 g/mol. The summed E-state index contributed by atoms with van der Waals surface area (Å²) in [6, 6.07) is 12.9. The third-order valence-electron chi connectivity index (χ3n) is 2.52. The molecule has 0 aliphatic heterocycles. The zero-order valence-electron chi connectivity index (χ0n) is 10.7. The average molecular weight is 257 g/mol. The Balaban J connectivity index is 1.83. The third-order valence-corrected chi connectivity index (χ3v) is 2.52. The number of benzene rings is 1. The molecule has 2 rings (SSSR count). The van der Waals surface area contributed by atoms with E-state index < -0.39 is 6.10 Å². The van der Waals surface area contributed by atoms with Crippen LogP contribution in [0.1, 0.15) is 12.5 Å². The molecule has 0 saturated heterocycles. The number of carbonyl (C=O) groups excluding carboxylic acids is 1. The van der Waals surface area contributed by atoms with Gasteiger partial charge in [0, 0.05) is 12.4 Å². The smallest absolute Gasteiger partial charge is 0.347 e. The van der Waals surface area contributed by atoms with Crippen molar-refractivity contribution in [3.8, 4) is 5.75 Å². The zero-order chi connectivity index (χ0) is 13.5. The lowest BCUT2D eigenvalue weighted by molar-refractivity contribution is -0.152. The van der Waals surface area contributed by atoms with Crippen LogP contribution in [-0.2, 0) is 16.1 Å². The lowest BCUT2D eigenvalue weighted by Crippen LogP contribution is -2.26. The van der Waals surface area contributed by atoms with Gasteiger partial charge < -0.3 is 9.47 Å². The monoisotopic (exact) mass is 257 g/mol. The molecule has 0 N–H and O–H groups in total. The van der Waals surface area contributed by atoms with Gasteiger partial charge in [0.1, 0.15) is 12.4 Å². The van der Waals surface area contributed by atoms with E-state index in [-0.39, 0.29) is 12.6 Å². The maximum Gasteiger partial charge on any atom is 0.347 e. The molecule has 0 saturated carbocycles. The van der Waals surface area contributed by atoms with Crippen molar-refractivity contribution in [2.45, 2.75) is 19.6 Å². The van der Waals surface area contributed by atoms with Crippen LogP contribution in [0, 0.1) is 0 Å². The SMILES string of the molecule is CC(Oc1ccncc1)C(=O)OCc1ccccc1. The highest BCUT2D eigenvalue weighted by Crippen LogP contribution is 2.11. The summed E-state index contributed by atoms with van der Waals surface area (Å²) < 4.78 is 10.6. The molecule has 1 unspecified atom stereocenters. The van der Waals surface area contributed by atoms with Crippen molar-refractivity contribution in [1.82, 2.24) is 4.98 Å². The molecule has 0 radical (unpaired) electrons. The fourth-order valence-corrected chi connectivity index (χ4v) is 1.52. The highest BCUT2D eigenvalue weighted by Gasteiger charge is 2.16. The first-order valence-electron chi connectivity index (χ1n) is 6.03. The Bertz CT molecular complexity index is 513. The topological polar surface area (TPSA) is 48.4 Å². The van der Waals surface area contributed by atoms with E-state index in [1.807, 2.05) is 30.3 Å². The van der Waals surface area contributed by atoms with Crippen LogP contribution in [0.2, 0.25) is 0 Å². The molecule has 0 aliphatic rings. The number of hydrogen-bond donors (Lipinski definition) is 0. The van der Waals surface area contributed by atoms with E-state index in [0.717, 1.165) is 5.56 Å². The van der Waals surface area contributed by atoms with Crippen LogP contribution in [0.25, 0.3) is 0 Å². The van der Waals surface area contributed by atoms with Crippen molar-refractivity contribution >= 4 is 5.97 Å². The second-order valence-corrected chi connectivity index (χ2v) is 4.04. The maximum absolute atomic E-state index is 11.8. The Labute approximate surface area is 112 Å². The van der Waals surface area contributed by atoms with Gasteiger partial charge in [0.15, 0.2) is 6.10 Å². The van der Waals surface area contributed by atoms with Gasteiger partial charge in [0.25, 0.3) is 0 Å². The van der Waals surface area contributed by atoms with Crippen LogP contribution in [0.4, 0.5) is 0 Å². The quantitative estimate of drug-likeness (QED) is 0.772. The Morgan fingerprint density at radius 1 is 1.16 bits per heavy atom. The summed E-state index contributed by atoms with van der Waals surface area (Å²) in [5.74, 6) is 0.208. The number of aromatic nitrogens is 1. The van der Waals surface area contributed by atoms with Gasteiger partial charge in [-0.2, -0.15) is 0 Å². The molecule has 19 heavy (non-hydrogen) atoms. The van der Waals surface area contributed by atoms with E-state index in [0.29, 0.717) is 5.75 Å². The Hall–Kier alpha value is -2.36. The minimum atomic E-state index is -0.647. The molecule has 1 heterocycles. The number of ether oxygens (including phenoxy) is 2. The molecule has 1 atom stereocenters. The van der Waals surface area contributed by atoms with Crippen molar-refractivity contribution in [2.24, 2.45) is 0 Å². The van der Waals surface area contributed by atoms with Crippen molar-refractivity contribution in [3.63, 3.8) is 0 Å². The van der Waals surface area contributed by atoms with E-state index >= 15 is 0 Å². The second-order valence-electron chi connectivity index (χ2n) is 4.04. The molecular formula is C15H15NO3. The molecule has 4 heteroatoms. The van der Waals surface area contributed by atoms with E-state index in [1.54, 1.807) is 31.5 Å². The summed E-state index contributed by atoms with van der Waals surface area (Å²) >= 11 is 0. The van der Waals surface area contributed by atoms with Crippen LogP contribution in [0.15, 0.2) is 54.9 Å². The van der Waals surface area contributed by atoms with Crippen molar-refractivity contribution < 1.29 is 14.3 Å². The Kier molecular flexibility index (Phi) is 4.50. The number of rotatable bonds is 5. The van der Waals surface area contributed by atoms with E-state index in [4.69, 9.17) is 9.47 Å². The van der Waals surface area contributed by atoms with Gasteiger partial charge in [-0.05, 0) is 24.6 Å². The Morgan fingerprint density at radius 3 is 2.53 bits per heavy atom. The maximum atomic E-state index is 11.8. The van der Waals surface area contributed by atoms with Gasteiger partial charge in [-0.15, -0.1) is 0 Å². The van der Waals surface area contributed by atoms with E-state index in [1.165, 1.54) is 0 Å². The van der Waals surface area contributed by atoms with Crippen molar-refractivity contribution in [2.75, 3.05) is 0 Å². The van der Waals surface area contributed by atoms with Crippen molar-refractivity contribution in [1.29, 1.82) is 0 Å². The second kappa shape index (κ2) is 6.54. The first kappa shape index (κ1) is 13.1. The molecule has 1 aromatic heterocycles. The molecule has 98 valence electrons. The van der Waals surface area contributed by atoms with Gasteiger partial charge in [-0.25, -0.2) is 4.79 Å². The largest absolute Gasteiger partial charge is 0.479 e. The number of nitrogens with zero attached hydrogens (tertiary/aromatic N) is 1. The highest BCUT2D eigenvalue weighted by molar-refractivity contribution is 5.74. The normalized spacial score (nSPS) is 11.6. The lowest BCUT2D eigenvalue weighted by Gasteiger charge is -2.13. The first-order chi connectivity index (χ1) is 9.25.